The summed E-state index contributed by atoms with van der Waals surface area (Å²) in [6.45, 7) is 3.93. The standard InChI is InChI=1S/C14H19FN2O3.2ClH/c1-10(18)20-14-3-2-11(8-13(14)19)12(9-15)17-6-4-16-5-7-17;;/h2-3,8,12,16,19H,4-7,9H2,1H3;2*1H/t12-;;/m1../s1. The lowest BCUT2D eigenvalue weighted by Gasteiger charge is -2.33. The average Bonchev–Trinajstić information content (AvgIpc) is 2.43. The highest BCUT2D eigenvalue weighted by Crippen LogP contribution is 2.31. The second kappa shape index (κ2) is 9.84. The zero-order valence-electron chi connectivity index (χ0n) is 12.3. The Balaban J connectivity index is 0.00000220. The Bertz CT molecular complexity index is 485. The number of ether oxygens (including phenoxy) is 1. The van der Waals surface area contributed by atoms with Crippen LogP contribution in [-0.2, 0) is 4.79 Å². The van der Waals surface area contributed by atoms with E-state index in [-0.39, 0.29) is 42.4 Å². The summed E-state index contributed by atoms with van der Waals surface area (Å²) in [4.78, 5) is 12.9. The van der Waals surface area contributed by atoms with Gasteiger partial charge in [-0.3, -0.25) is 9.69 Å². The number of carbonyl (C=O) groups excluding carboxylic acids is 1. The van der Waals surface area contributed by atoms with Gasteiger partial charge in [-0.2, -0.15) is 0 Å². The van der Waals surface area contributed by atoms with Gasteiger partial charge in [0.1, 0.15) is 6.67 Å². The Morgan fingerprint density at radius 1 is 1.41 bits per heavy atom. The van der Waals surface area contributed by atoms with Gasteiger partial charge in [0.15, 0.2) is 11.5 Å². The number of nitrogens with zero attached hydrogens (tertiary/aromatic N) is 1. The van der Waals surface area contributed by atoms with Crippen LogP contribution in [0.4, 0.5) is 4.39 Å². The maximum atomic E-state index is 13.3. The number of aromatic hydroxyl groups is 1. The molecule has 8 heteroatoms. The van der Waals surface area contributed by atoms with Crippen LogP contribution in [0.15, 0.2) is 18.2 Å². The van der Waals surface area contributed by atoms with E-state index in [1.807, 2.05) is 4.90 Å². The number of rotatable bonds is 4. The summed E-state index contributed by atoms with van der Waals surface area (Å²) in [5.74, 6) is -0.553. The predicted molar refractivity (Wildman–Crippen MR) is 87.1 cm³/mol. The number of halogens is 3. The van der Waals surface area contributed by atoms with E-state index in [2.05, 4.69) is 5.32 Å². The van der Waals surface area contributed by atoms with Gasteiger partial charge >= 0.3 is 5.97 Å². The number of phenols is 1. The summed E-state index contributed by atoms with van der Waals surface area (Å²) in [6.07, 6.45) is 0. The van der Waals surface area contributed by atoms with Crippen LogP contribution >= 0.6 is 24.8 Å². The molecule has 0 bridgehead atoms. The summed E-state index contributed by atoms with van der Waals surface area (Å²) in [7, 11) is 0. The molecule has 1 fully saturated rings. The first kappa shape index (κ1) is 20.9. The van der Waals surface area contributed by atoms with Crippen LogP contribution in [0.2, 0.25) is 0 Å². The van der Waals surface area contributed by atoms with Crippen molar-refractivity contribution in [1.29, 1.82) is 0 Å². The van der Waals surface area contributed by atoms with Gasteiger partial charge in [-0.25, -0.2) is 4.39 Å². The summed E-state index contributed by atoms with van der Waals surface area (Å²) >= 11 is 0. The highest BCUT2D eigenvalue weighted by atomic mass is 35.5. The zero-order chi connectivity index (χ0) is 14.5. The number of nitrogens with one attached hydrogen (secondary N) is 1. The first-order chi connectivity index (χ1) is 9.61. The van der Waals surface area contributed by atoms with Gasteiger partial charge in [0.05, 0.1) is 6.04 Å². The normalized spacial score (nSPS) is 16.1. The van der Waals surface area contributed by atoms with Crippen molar-refractivity contribution < 1.29 is 19.0 Å². The van der Waals surface area contributed by atoms with Gasteiger partial charge in [-0.1, -0.05) is 6.07 Å². The molecule has 0 aliphatic carbocycles. The zero-order valence-corrected chi connectivity index (χ0v) is 13.9. The molecule has 0 saturated carbocycles. The summed E-state index contributed by atoms with van der Waals surface area (Å²) in [6, 6.07) is 4.26. The molecule has 5 nitrogen and oxygen atoms in total. The molecule has 0 aromatic heterocycles. The van der Waals surface area contributed by atoms with Crippen LogP contribution < -0.4 is 10.1 Å². The molecule has 1 atom stereocenters. The van der Waals surface area contributed by atoms with E-state index >= 15 is 0 Å². The predicted octanol–water partition coefficient (Wildman–Crippen LogP) is 2.08. The minimum Gasteiger partial charge on any atom is -0.504 e. The van der Waals surface area contributed by atoms with Gasteiger partial charge < -0.3 is 15.2 Å². The molecule has 1 aliphatic rings. The molecule has 126 valence electrons. The minimum absolute atomic E-state index is 0. The van der Waals surface area contributed by atoms with Crippen molar-refractivity contribution in [3.8, 4) is 11.5 Å². The number of hydrogen-bond acceptors (Lipinski definition) is 5. The van der Waals surface area contributed by atoms with E-state index in [0.29, 0.717) is 5.56 Å². The second-order valence-corrected chi connectivity index (χ2v) is 4.78. The lowest BCUT2D eigenvalue weighted by atomic mass is 10.0. The number of hydrogen-bond donors (Lipinski definition) is 2. The Labute approximate surface area is 141 Å². The van der Waals surface area contributed by atoms with Crippen molar-refractivity contribution in [2.45, 2.75) is 13.0 Å². The molecule has 1 aliphatic heterocycles. The Morgan fingerprint density at radius 3 is 2.55 bits per heavy atom. The van der Waals surface area contributed by atoms with E-state index in [0.717, 1.165) is 26.2 Å². The van der Waals surface area contributed by atoms with E-state index in [4.69, 9.17) is 4.74 Å². The van der Waals surface area contributed by atoms with Crippen LogP contribution in [-0.4, -0.2) is 48.8 Å². The fourth-order valence-corrected chi connectivity index (χ4v) is 2.37. The second-order valence-electron chi connectivity index (χ2n) is 4.78. The quantitative estimate of drug-likeness (QED) is 0.640. The SMILES string of the molecule is CC(=O)Oc1ccc([C@@H](CF)N2CCNCC2)cc1O.Cl.Cl. The van der Waals surface area contributed by atoms with Gasteiger partial charge in [0, 0.05) is 33.1 Å². The number of carbonyl (C=O) groups is 1. The van der Waals surface area contributed by atoms with Gasteiger partial charge in [-0.15, -0.1) is 24.8 Å². The van der Waals surface area contributed by atoms with Crippen LogP contribution in [0.25, 0.3) is 0 Å². The van der Waals surface area contributed by atoms with Gasteiger partial charge in [0.25, 0.3) is 0 Å². The summed E-state index contributed by atoms with van der Waals surface area (Å²) in [5.41, 5.74) is 0.683. The average molecular weight is 355 g/mol. The molecule has 1 saturated heterocycles. The number of phenolic OH excluding ortho intramolecular Hbond substituents is 1. The maximum absolute atomic E-state index is 13.3. The van der Waals surface area contributed by atoms with Crippen molar-refractivity contribution in [3.05, 3.63) is 23.8 Å². The molecule has 1 heterocycles. The first-order valence-corrected chi connectivity index (χ1v) is 6.64. The van der Waals surface area contributed by atoms with Crippen LogP contribution in [0, 0.1) is 0 Å². The monoisotopic (exact) mass is 354 g/mol. The van der Waals surface area contributed by atoms with Crippen molar-refractivity contribution in [2.75, 3.05) is 32.9 Å². The molecular weight excluding hydrogens is 334 g/mol. The lowest BCUT2D eigenvalue weighted by Crippen LogP contribution is -2.45. The third-order valence-corrected chi connectivity index (χ3v) is 3.36. The molecule has 2 rings (SSSR count). The molecule has 0 amide bonds. The Morgan fingerprint density at radius 2 is 2.05 bits per heavy atom. The molecule has 0 spiro atoms. The molecule has 22 heavy (non-hydrogen) atoms. The van der Waals surface area contributed by atoms with E-state index < -0.39 is 12.6 Å². The summed E-state index contributed by atoms with van der Waals surface area (Å²) < 4.78 is 18.2. The van der Waals surface area contributed by atoms with E-state index in [1.165, 1.54) is 19.1 Å². The van der Waals surface area contributed by atoms with Crippen LogP contribution in [0.1, 0.15) is 18.5 Å². The largest absolute Gasteiger partial charge is 0.504 e. The number of esters is 1. The van der Waals surface area contributed by atoms with Crippen LogP contribution in [0.3, 0.4) is 0 Å². The summed E-state index contributed by atoms with van der Waals surface area (Å²) in [5, 5.41) is 13.1. The van der Waals surface area contributed by atoms with Crippen molar-refractivity contribution in [3.63, 3.8) is 0 Å². The fraction of sp³-hybridized carbons (Fsp3) is 0.500. The molecular formula is C14H21Cl2FN2O3. The number of piperazine rings is 1. The fourth-order valence-electron chi connectivity index (χ4n) is 2.37. The minimum atomic E-state index is -0.521. The Hall–Kier alpha value is -1.08. The molecule has 1 aromatic carbocycles. The highest BCUT2D eigenvalue weighted by Gasteiger charge is 2.23. The van der Waals surface area contributed by atoms with Crippen molar-refractivity contribution in [1.82, 2.24) is 10.2 Å². The maximum Gasteiger partial charge on any atom is 0.308 e. The Kier molecular flexibility index (Phi) is 9.36. The number of alkyl halides is 1. The lowest BCUT2D eigenvalue weighted by molar-refractivity contribution is -0.132. The van der Waals surface area contributed by atoms with Crippen LogP contribution in [0.5, 0.6) is 11.5 Å². The van der Waals surface area contributed by atoms with E-state index in [9.17, 15) is 14.3 Å². The number of benzene rings is 1. The van der Waals surface area contributed by atoms with Crippen molar-refractivity contribution >= 4 is 30.8 Å². The third-order valence-electron chi connectivity index (χ3n) is 3.36. The topological polar surface area (TPSA) is 61.8 Å². The molecule has 2 N–H and O–H groups in total. The smallest absolute Gasteiger partial charge is 0.308 e. The van der Waals surface area contributed by atoms with E-state index in [1.54, 1.807) is 6.07 Å². The van der Waals surface area contributed by atoms with Gasteiger partial charge in [0.2, 0.25) is 0 Å². The third kappa shape index (κ3) is 5.28. The molecule has 1 aromatic rings. The molecule has 0 unspecified atom stereocenters. The molecule has 0 radical (unpaired) electrons. The first-order valence-electron chi connectivity index (χ1n) is 6.64. The van der Waals surface area contributed by atoms with Crippen molar-refractivity contribution in [2.24, 2.45) is 0 Å². The van der Waals surface area contributed by atoms with Gasteiger partial charge in [-0.05, 0) is 17.7 Å². The highest BCUT2D eigenvalue weighted by molar-refractivity contribution is 5.85.